The minimum absolute atomic E-state index is 0.600. The monoisotopic (exact) mass is 299 g/mol. The maximum absolute atomic E-state index is 6.13. The van der Waals surface area contributed by atoms with Gasteiger partial charge in [-0.05, 0) is 25.1 Å². The lowest BCUT2D eigenvalue weighted by molar-refractivity contribution is 0.188. The van der Waals surface area contributed by atoms with E-state index in [9.17, 15) is 0 Å². The topological polar surface area (TPSA) is 39.1 Å². The largest absolute Gasteiger partial charge is 0.383 e. The van der Waals surface area contributed by atoms with Crippen molar-refractivity contribution in [2.75, 3.05) is 19.0 Å². The molecular weight excluding hydrogens is 285 g/mol. The van der Waals surface area contributed by atoms with Gasteiger partial charge in [0, 0.05) is 24.9 Å². The molecule has 0 saturated carbocycles. The van der Waals surface area contributed by atoms with Crippen molar-refractivity contribution in [3.8, 4) is 0 Å². The molecule has 0 atom stereocenters. The molecule has 19 heavy (non-hydrogen) atoms. The number of nitrogens with zero attached hydrogens (tertiary/aromatic N) is 2. The van der Waals surface area contributed by atoms with Crippen LogP contribution in [0.3, 0.4) is 0 Å². The van der Waals surface area contributed by atoms with Crippen LogP contribution in [-0.2, 0) is 11.3 Å². The van der Waals surface area contributed by atoms with Gasteiger partial charge >= 0.3 is 0 Å². The van der Waals surface area contributed by atoms with E-state index in [1.165, 1.54) is 0 Å². The second-order valence-corrected chi connectivity index (χ2v) is 4.98. The van der Waals surface area contributed by atoms with E-state index in [1.54, 1.807) is 25.3 Å². The van der Waals surface area contributed by atoms with Gasteiger partial charge in [-0.3, -0.25) is 0 Å². The highest BCUT2D eigenvalue weighted by atomic mass is 35.5. The quantitative estimate of drug-likeness (QED) is 0.910. The number of hydrogen-bond acceptors (Lipinski definition) is 3. The summed E-state index contributed by atoms with van der Waals surface area (Å²) in [5.74, 6) is 0.721. The Bertz CT molecular complexity index is 569. The molecule has 0 unspecified atom stereocenters. The molecule has 0 fully saturated rings. The average Bonchev–Trinajstić information content (AvgIpc) is 2.71. The summed E-state index contributed by atoms with van der Waals surface area (Å²) >= 11 is 12.1. The second kappa shape index (κ2) is 6.28. The molecule has 0 spiro atoms. The Balaban J connectivity index is 2.24. The first-order valence-electron chi connectivity index (χ1n) is 5.85. The number of aromatic nitrogens is 2. The number of halogens is 2. The summed E-state index contributed by atoms with van der Waals surface area (Å²) in [5, 5.41) is 4.42. The molecule has 1 aromatic heterocycles. The summed E-state index contributed by atoms with van der Waals surface area (Å²) in [7, 11) is 1.67. The van der Waals surface area contributed by atoms with Gasteiger partial charge in [0.1, 0.15) is 0 Å². The van der Waals surface area contributed by atoms with Crippen molar-refractivity contribution in [2.45, 2.75) is 13.5 Å². The molecule has 0 amide bonds. The third kappa shape index (κ3) is 3.62. The molecule has 0 aliphatic rings. The Morgan fingerprint density at radius 2 is 2.16 bits per heavy atom. The first-order valence-corrected chi connectivity index (χ1v) is 6.60. The molecule has 6 heteroatoms. The number of ether oxygens (including phenoxy) is 1. The lowest BCUT2D eigenvalue weighted by Gasteiger charge is -2.10. The van der Waals surface area contributed by atoms with E-state index in [0.717, 1.165) is 23.9 Å². The maximum atomic E-state index is 6.13. The van der Waals surface area contributed by atoms with Crippen molar-refractivity contribution in [3.63, 3.8) is 0 Å². The van der Waals surface area contributed by atoms with Crippen molar-refractivity contribution in [2.24, 2.45) is 0 Å². The Morgan fingerprint density at radius 3 is 2.89 bits per heavy atom. The first-order chi connectivity index (χ1) is 9.10. The molecule has 0 saturated heterocycles. The highest BCUT2D eigenvalue weighted by molar-refractivity contribution is 6.35. The summed E-state index contributed by atoms with van der Waals surface area (Å²) in [6, 6.07) is 5.27. The summed E-state index contributed by atoms with van der Waals surface area (Å²) < 4.78 is 7.06. The van der Waals surface area contributed by atoms with Gasteiger partial charge in [-0.15, -0.1) is 0 Å². The van der Waals surface area contributed by atoms with Crippen LogP contribution in [0.5, 0.6) is 0 Å². The summed E-state index contributed by atoms with van der Waals surface area (Å²) in [6.07, 6.45) is 1.96. The molecule has 0 aliphatic carbocycles. The van der Waals surface area contributed by atoms with Gasteiger partial charge < -0.3 is 14.6 Å². The van der Waals surface area contributed by atoms with Gasteiger partial charge in [0.05, 0.1) is 23.0 Å². The van der Waals surface area contributed by atoms with Crippen LogP contribution in [0.25, 0.3) is 0 Å². The fourth-order valence-corrected chi connectivity index (χ4v) is 2.06. The number of imidazole rings is 1. The van der Waals surface area contributed by atoms with Crippen LogP contribution in [0.15, 0.2) is 24.4 Å². The molecule has 0 bridgehead atoms. The fourth-order valence-electron chi connectivity index (χ4n) is 1.72. The molecule has 1 aromatic carbocycles. The summed E-state index contributed by atoms with van der Waals surface area (Å²) in [6.45, 7) is 3.28. The zero-order valence-electron chi connectivity index (χ0n) is 10.8. The highest BCUT2D eigenvalue weighted by Crippen LogP contribution is 2.28. The van der Waals surface area contributed by atoms with E-state index in [4.69, 9.17) is 27.9 Å². The average molecular weight is 300 g/mol. The number of rotatable bonds is 5. The fraction of sp³-hybridized carbons (Fsp3) is 0.308. The molecule has 2 aromatic rings. The zero-order valence-corrected chi connectivity index (χ0v) is 12.3. The molecule has 0 aliphatic heterocycles. The SMILES string of the molecule is COCCn1cc(C)nc1Nc1cc(Cl)ccc1Cl. The number of nitrogens with one attached hydrogen (secondary N) is 1. The van der Waals surface area contributed by atoms with Crippen LogP contribution in [0.1, 0.15) is 5.69 Å². The standard InChI is InChI=1S/C13H15Cl2N3O/c1-9-8-18(5-6-19-2)13(16-9)17-12-7-10(14)3-4-11(12)15/h3-4,7-8H,5-6H2,1-2H3,(H,16,17). The smallest absolute Gasteiger partial charge is 0.207 e. The van der Waals surface area contributed by atoms with E-state index in [1.807, 2.05) is 17.7 Å². The predicted octanol–water partition coefficient (Wildman–Crippen LogP) is 3.89. The van der Waals surface area contributed by atoms with Crippen LogP contribution >= 0.6 is 23.2 Å². The van der Waals surface area contributed by atoms with Crippen molar-refractivity contribution < 1.29 is 4.74 Å². The highest BCUT2D eigenvalue weighted by Gasteiger charge is 2.08. The molecule has 2 rings (SSSR count). The van der Waals surface area contributed by atoms with Crippen molar-refractivity contribution in [3.05, 3.63) is 40.1 Å². The number of benzene rings is 1. The van der Waals surface area contributed by atoms with E-state index < -0.39 is 0 Å². The van der Waals surface area contributed by atoms with Gasteiger partial charge in [0.25, 0.3) is 0 Å². The Hall–Kier alpha value is -1.23. The van der Waals surface area contributed by atoms with Crippen molar-refractivity contribution in [1.82, 2.24) is 9.55 Å². The number of aryl methyl sites for hydroxylation is 1. The Morgan fingerprint density at radius 1 is 1.37 bits per heavy atom. The third-order valence-corrected chi connectivity index (χ3v) is 3.17. The van der Waals surface area contributed by atoms with Crippen LogP contribution in [0.2, 0.25) is 10.0 Å². The van der Waals surface area contributed by atoms with Gasteiger partial charge in [-0.2, -0.15) is 0 Å². The van der Waals surface area contributed by atoms with Crippen molar-refractivity contribution >= 4 is 34.8 Å². The number of anilines is 2. The lowest BCUT2D eigenvalue weighted by Crippen LogP contribution is -2.07. The number of methoxy groups -OCH3 is 1. The Labute approximate surface area is 122 Å². The molecule has 1 N–H and O–H groups in total. The van der Waals surface area contributed by atoms with Gasteiger partial charge in [0.2, 0.25) is 5.95 Å². The van der Waals surface area contributed by atoms with Crippen LogP contribution < -0.4 is 5.32 Å². The third-order valence-electron chi connectivity index (χ3n) is 2.61. The minimum Gasteiger partial charge on any atom is -0.383 e. The molecule has 102 valence electrons. The maximum Gasteiger partial charge on any atom is 0.207 e. The van der Waals surface area contributed by atoms with Gasteiger partial charge in [-0.1, -0.05) is 23.2 Å². The van der Waals surface area contributed by atoms with Crippen molar-refractivity contribution in [1.29, 1.82) is 0 Å². The van der Waals surface area contributed by atoms with E-state index in [2.05, 4.69) is 10.3 Å². The number of hydrogen-bond donors (Lipinski definition) is 1. The predicted molar refractivity (Wildman–Crippen MR) is 78.6 cm³/mol. The van der Waals surface area contributed by atoms with Gasteiger partial charge in [0.15, 0.2) is 0 Å². The lowest BCUT2D eigenvalue weighted by atomic mass is 10.3. The molecule has 0 radical (unpaired) electrons. The Kier molecular flexibility index (Phi) is 4.69. The first kappa shape index (κ1) is 14.2. The zero-order chi connectivity index (χ0) is 13.8. The van der Waals surface area contributed by atoms with Crippen LogP contribution in [-0.4, -0.2) is 23.3 Å². The molecular formula is C13H15Cl2N3O. The normalized spacial score (nSPS) is 10.7. The van der Waals surface area contributed by atoms with E-state index in [-0.39, 0.29) is 0 Å². The second-order valence-electron chi connectivity index (χ2n) is 4.14. The molecule has 1 heterocycles. The van der Waals surface area contributed by atoms with E-state index in [0.29, 0.717) is 16.7 Å². The van der Waals surface area contributed by atoms with E-state index >= 15 is 0 Å². The summed E-state index contributed by atoms with van der Waals surface area (Å²) in [5.41, 5.74) is 1.66. The van der Waals surface area contributed by atoms with Gasteiger partial charge in [-0.25, -0.2) is 4.98 Å². The van der Waals surface area contributed by atoms with Crippen LogP contribution in [0, 0.1) is 6.92 Å². The van der Waals surface area contributed by atoms with Crippen LogP contribution in [0.4, 0.5) is 11.6 Å². The summed E-state index contributed by atoms with van der Waals surface area (Å²) in [4.78, 5) is 4.42. The minimum atomic E-state index is 0.600. The molecule has 4 nitrogen and oxygen atoms in total.